The fourth-order valence-electron chi connectivity index (χ4n) is 4.51. The maximum Gasteiger partial charge on any atom is 0.231 e. The van der Waals surface area contributed by atoms with Crippen LogP contribution >= 0.6 is 39.1 Å². The van der Waals surface area contributed by atoms with Crippen molar-refractivity contribution in [3.63, 3.8) is 0 Å². The molecule has 0 bridgehead atoms. The average molecular weight is 509 g/mol. The number of ether oxygens (including phenoxy) is 2. The van der Waals surface area contributed by atoms with Gasteiger partial charge in [0, 0.05) is 23.7 Å². The molecular weight excluding hydrogens is 489 g/mol. The number of anilines is 2. The van der Waals surface area contributed by atoms with E-state index < -0.39 is 5.79 Å². The number of rotatable bonds is 2. The standard InChI is InChI=1S/C23H20BrCl2NO3/c24-17-12-15(14-6-8-23(9-7-14)29-10-11-30-23)13-20-16(17)4-5-21(28)27(20)22-18(25)2-1-3-19(22)26/h1-3,6,12-13H,4-5,7-11H2. The Labute approximate surface area is 193 Å². The minimum atomic E-state index is -0.456. The van der Waals surface area contributed by atoms with Gasteiger partial charge in [-0.05, 0) is 53.8 Å². The second-order valence-corrected chi connectivity index (χ2v) is 9.46. The Balaban J connectivity index is 1.58. The summed E-state index contributed by atoms with van der Waals surface area (Å²) in [7, 11) is 0. The summed E-state index contributed by atoms with van der Waals surface area (Å²) in [4.78, 5) is 14.6. The Morgan fingerprint density at radius 1 is 1.03 bits per heavy atom. The van der Waals surface area contributed by atoms with Gasteiger partial charge in [0.15, 0.2) is 5.79 Å². The van der Waals surface area contributed by atoms with E-state index in [-0.39, 0.29) is 5.91 Å². The van der Waals surface area contributed by atoms with Gasteiger partial charge in [-0.15, -0.1) is 0 Å². The highest BCUT2D eigenvalue weighted by Crippen LogP contribution is 2.46. The van der Waals surface area contributed by atoms with Crippen LogP contribution in [0.15, 0.2) is 40.9 Å². The van der Waals surface area contributed by atoms with Crippen molar-refractivity contribution in [1.82, 2.24) is 0 Å². The van der Waals surface area contributed by atoms with Crippen molar-refractivity contribution in [2.24, 2.45) is 0 Å². The fraction of sp³-hybridized carbons (Fsp3) is 0.348. The number of benzene rings is 2. The Bertz CT molecular complexity index is 1040. The number of carbonyl (C=O) groups excluding carboxylic acids is 1. The summed E-state index contributed by atoms with van der Waals surface area (Å²) in [6, 6.07) is 9.52. The van der Waals surface area contributed by atoms with Gasteiger partial charge in [-0.2, -0.15) is 0 Å². The molecular formula is C23H20BrCl2NO3. The van der Waals surface area contributed by atoms with Crippen molar-refractivity contribution >= 4 is 62.0 Å². The van der Waals surface area contributed by atoms with Crippen molar-refractivity contribution < 1.29 is 14.3 Å². The van der Waals surface area contributed by atoms with E-state index in [4.69, 9.17) is 32.7 Å². The highest BCUT2D eigenvalue weighted by atomic mass is 79.9. The molecule has 0 radical (unpaired) electrons. The second-order valence-electron chi connectivity index (χ2n) is 7.80. The van der Waals surface area contributed by atoms with Crippen LogP contribution in [0.2, 0.25) is 10.0 Å². The molecule has 4 nitrogen and oxygen atoms in total. The molecule has 7 heteroatoms. The second kappa shape index (κ2) is 7.95. The van der Waals surface area contributed by atoms with Gasteiger partial charge in [0.1, 0.15) is 0 Å². The zero-order valence-corrected chi connectivity index (χ0v) is 19.3. The number of nitrogens with zero attached hydrogens (tertiary/aromatic N) is 1. The minimum absolute atomic E-state index is 0.00844. The third kappa shape index (κ3) is 3.51. The van der Waals surface area contributed by atoms with Gasteiger partial charge < -0.3 is 9.47 Å². The Hall–Kier alpha value is -1.37. The molecule has 2 aromatic carbocycles. The third-order valence-electron chi connectivity index (χ3n) is 6.03. The molecule has 5 rings (SSSR count). The topological polar surface area (TPSA) is 38.8 Å². The maximum absolute atomic E-state index is 13.0. The lowest BCUT2D eigenvalue weighted by Gasteiger charge is -2.33. The Morgan fingerprint density at radius 3 is 2.43 bits per heavy atom. The van der Waals surface area contributed by atoms with E-state index in [1.54, 1.807) is 23.1 Å². The van der Waals surface area contributed by atoms with Crippen molar-refractivity contribution in [2.75, 3.05) is 18.1 Å². The molecule has 0 aromatic heterocycles. The van der Waals surface area contributed by atoms with E-state index in [2.05, 4.69) is 34.1 Å². The van der Waals surface area contributed by atoms with Crippen molar-refractivity contribution in [2.45, 2.75) is 37.9 Å². The average Bonchev–Trinajstić information content (AvgIpc) is 3.17. The number of amides is 1. The van der Waals surface area contributed by atoms with E-state index in [0.717, 1.165) is 40.5 Å². The lowest BCUT2D eigenvalue weighted by Crippen LogP contribution is -2.32. The van der Waals surface area contributed by atoms with Crippen LogP contribution in [0.3, 0.4) is 0 Å². The third-order valence-corrected chi connectivity index (χ3v) is 7.35. The number of carbonyl (C=O) groups is 1. The highest BCUT2D eigenvalue weighted by Gasteiger charge is 2.38. The first-order chi connectivity index (χ1) is 14.5. The maximum atomic E-state index is 13.0. The number of hydrogen-bond acceptors (Lipinski definition) is 3. The number of halogens is 3. The first-order valence-electron chi connectivity index (χ1n) is 10.0. The Morgan fingerprint density at radius 2 is 1.77 bits per heavy atom. The molecule has 1 saturated heterocycles. The van der Waals surface area contributed by atoms with E-state index in [1.807, 2.05) is 0 Å². The summed E-state index contributed by atoms with van der Waals surface area (Å²) in [6.07, 6.45) is 5.69. The smallest absolute Gasteiger partial charge is 0.231 e. The highest BCUT2D eigenvalue weighted by molar-refractivity contribution is 9.10. The molecule has 2 heterocycles. The van der Waals surface area contributed by atoms with Gasteiger partial charge in [-0.3, -0.25) is 9.69 Å². The van der Waals surface area contributed by atoms with Gasteiger partial charge in [0.05, 0.1) is 34.6 Å². The monoisotopic (exact) mass is 507 g/mol. The molecule has 2 aromatic rings. The molecule has 2 aliphatic heterocycles. The van der Waals surface area contributed by atoms with E-state index in [9.17, 15) is 4.79 Å². The van der Waals surface area contributed by atoms with Gasteiger partial charge in [0.25, 0.3) is 0 Å². The molecule has 0 saturated carbocycles. The van der Waals surface area contributed by atoms with Crippen LogP contribution in [0.4, 0.5) is 11.4 Å². The van der Waals surface area contributed by atoms with Crippen molar-refractivity contribution in [3.05, 3.63) is 62.1 Å². The van der Waals surface area contributed by atoms with Crippen molar-refractivity contribution in [3.8, 4) is 0 Å². The summed E-state index contributed by atoms with van der Waals surface area (Å²) in [5.74, 6) is -0.465. The molecule has 1 amide bonds. The lowest BCUT2D eigenvalue weighted by molar-refractivity contribution is -0.159. The molecule has 3 aliphatic rings. The summed E-state index contributed by atoms with van der Waals surface area (Å²) in [5, 5.41) is 0.916. The molecule has 30 heavy (non-hydrogen) atoms. The van der Waals surface area contributed by atoms with Crippen LogP contribution in [-0.2, 0) is 20.7 Å². The first-order valence-corrected chi connectivity index (χ1v) is 11.6. The fourth-order valence-corrected chi connectivity index (χ4v) is 5.72. The normalized spacial score (nSPS) is 20.4. The van der Waals surface area contributed by atoms with Gasteiger partial charge in [-0.1, -0.05) is 51.3 Å². The largest absolute Gasteiger partial charge is 0.347 e. The minimum Gasteiger partial charge on any atom is -0.347 e. The zero-order valence-electron chi connectivity index (χ0n) is 16.2. The number of fused-ring (bicyclic) bond motifs is 1. The SMILES string of the molecule is O=C1CCc2c(Br)cc(C3=CCC4(CC3)OCCO4)cc2N1c1c(Cl)cccc1Cl. The molecule has 0 atom stereocenters. The van der Waals surface area contributed by atoms with Gasteiger partial charge in [0.2, 0.25) is 5.91 Å². The van der Waals surface area contributed by atoms with Gasteiger partial charge in [-0.25, -0.2) is 0 Å². The van der Waals surface area contributed by atoms with Crippen LogP contribution in [0.5, 0.6) is 0 Å². The van der Waals surface area contributed by atoms with E-state index in [1.165, 1.54) is 5.57 Å². The van der Waals surface area contributed by atoms with Crippen molar-refractivity contribution in [1.29, 1.82) is 0 Å². The van der Waals surface area contributed by atoms with Crippen LogP contribution in [0.25, 0.3) is 5.57 Å². The first kappa shape index (κ1) is 20.5. The predicted molar refractivity (Wildman–Crippen MR) is 123 cm³/mol. The lowest BCUT2D eigenvalue weighted by atomic mass is 9.88. The van der Waals surface area contributed by atoms with Crippen LogP contribution < -0.4 is 4.90 Å². The summed E-state index contributed by atoms with van der Waals surface area (Å²) in [6.45, 7) is 1.31. The predicted octanol–water partition coefficient (Wildman–Crippen LogP) is 6.68. The van der Waals surface area contributed by atoms with E-state index in [0.29, 0.717) is 41.8 Å². The molecule has 1 spiro atoms. The molecule has 1 aliphatic carbocycles. The quantitative estimate of drug-likeness (QED) is 0.454. The molecule has 1 fully saturated rings. The summed E-state index contributed by atoms with van der Waals surface area (Å²) in [5.41, 5.74) is 4.77. The molecule has 0 N–H and O–H groups in total. The van der Waals surface area contributed by atoms with Crippen LogP contribution in [0, 0.1) is 0 Å². The molecule has 0 unspecified atom stereocenters. The van der Waals surface area contributed by atoms with Crippen LogP contribution in [-0.4, -0.2) is 24.9 Å². The van der Waals surface area contributed by atoms with Gasteiger partial charge >= 0.3 is 0 Å². The zero-order chi connectivity index (χ0) is 20.9. The summed E-state index contributed by atoms with van der Waals surface area (Å²) >= 11 is 16.7. The van der Waals surface area contributed by atoms with Crippen LogP contribution in [0.1, 0.15) is 36.8 Å². The number of hydrogen-bond donors (Lipinski definition) is 0. The number of para-hydroxylation sites is 1. The summed E-state index contributed by atoms with van der Waals surface area (Å²) < 4.78 is 12.7. The van der Waals surface area contributed by atoms with E-state index >= 15 is 0 Å². The molecule has 156 valence electrons. The Kier molecular flexibility index (Phi) is 5.44. The number of allylic oxidation sites excluding steroid dienone is 1.